The van der Waals surface area contributed by atoms with Gasteiger partial charge < -0.3 is 15.2 Å². The van der Waals surface area contributed by atoms with Gasteiger partial charge in [-0.15, -0.1) is 0 Å². The number of benzene rings is 1. The summed E-state index contributed by atoms with van der Waals surface area (Å²) in [6, 6.07) is 9.42. The number of rotatable bonds is 12. The maximum atomic E-state index is 14.9. The van der Waals surface area contributed by atoms with E-state index in [0.29, 0.717) is 5.35 Å². The molecule has 0 radical (unpaired) electrons. The summed E-state index contributed by atoms with van der Waals surface area (Å²) >= 11 is 0. The van der Waals surface area contributed by atoms with Gasteiger partial charge in [0, 0.05) is 39.3 Å². The molecule has 4 aromatic rings. The second-order valence-electron chi connectivity index (χ2n) is 13.0. The molecule has 0 atom stereocenters. The Hall–Kier alpha value is -4.75. The number of pyridine rings is 1. The smallest absolute Gasteiger partial charge is 0.124 e. The molecule has 240 valence electrons. The summed E-state index contributed by atoms with van der Waals surface area (Å²) in [6.07, 6.45) is 13.2. The van der Waals surface area contributed by atoms with Crippen molar-refractivity contribution in [3.63, 3.8) is 0 Å². The molecule has 4 rings (SSSR count). The first-order chi connectivity index (χ1) is 21.8. The van der Waals surface area contributed by atoms with E-state index in [1.54, 1.807) is 24.4 Å². The summed E-state index contributed by atoms with van der Waals surface area (Å²) < 4.78 is 14.9. The molecule has 0 unspecified atom stereocenters. The third kappa shape index (κ3) is 8.29. The van der Waals surface area contributed by atoms with Crippen molar-refractivity contribution in [2.24, 2.45) is 5.41 Å². The third-order valence-electron chi connectivity index (χ3n) is 7.95. The molecule has 6 nitrogen and oxygen atoms in total. The standard InChI is InChI=1S/C39H47FN6/c1-11-14-34(30-17-28(18-32(40)19-30)15-13-16-46(9)10)35-22-37(42-25(35)3)38-36(26(4)44-45-38)21-29(12-2)31-20-33(24-41-23-31)43-27(5)39(6,7)8/h11-12,14,17-24,42-44H,1,4-5,13,15-16H2,2-3,6-10H3/b29-12+,34-14-,36-21+. The van der Waals surface area contributed by atoms with Gasteiger partial charge in [-0.25, -0.2) is 4.39 Å². The third-order valence-corrected chi connectivity index (χ3v) is 7.95. The number of H-pyrrole nitrogens is 2. The van der Waals surface area contributed by atoms with Crippen LogP contribution in [0, 0.1) is 18.2 Å². The molecule has 0 saturated carbocycles. The van der Waals surface area contributed by atoms with Crippen LogP contribution in [0.1, 0.15) is 62.1 Å². The summed E-state index contributed by atoms with van der Waals surface area (Å²) in [6.45, 7) is 23.7. The van der Waals surface area contributed by atoms with Crippen LogP contribution in [0.25, 0.3) is 35.2 Å². The Balaban J connectivity index is 1.72. The summed E-state index contributed by atoms with van der Waals surface area (Å²) in [5.41, 5.74) is 9.76. The Labute approximate surface area is 272 Å². The van der Waals surface area contributed by atoms with Crippen molar-refractivity contribution in [3.8, 4) is 11.4 Å². The van der Waals surface area contributed by atoms with Gasteiger partial charge in [-0.1, -0.05) is 64.8 Å². The molecular weight excluding hydrogens is 571 g/mol. The van der Waals surface area contributed by atoms with Crippen molar-refractivity contribution in [3.05, 3.63) is 124 Å². The van der Waals surface area contributed by atoms with E-state index in [2.05, 4.69) is 95.2 Å². The maximum absolute atomic E-state index is 14.9. The number of hydrogen-bond acceptors (Lipinski definition) is 4. The van der Waals surface area contributed by atoms with Crippen molar-refractivity contribution >= 4 is 29.5 Å². The zero-order valence-electron chi connectivity index (χ0n) is 28.3. The second kappa shape index (κ2) is 14.6. The fourth-order valence-electron chi connectivity index (χ4n) is 5.24. The number of aromatic amines is 2. The first-order valence-electron chi connectivity index (χ1n) is 15.6. The van der Waals surface area contributed by atoms with Gasteiger partial charge in [0.25, 0.3) is 0 Å². The molecule has 0 amide bonds. The van der Waals surface area contributed by atoms with Gasteiger partial charge in [-0.05, 0) is 99.9 Å². The van der Waals surface area contributed by atoms with Gasteiger partial charge in [-0.3, -0.25) is 10.1 Å². The average molecular weight is 619 g/mol. The van der Waals surface area contributed by atoms with Gasteiger partial charge in [0.15, 0.2) is 0 Å². The summed E-state index contributed by atoms with van der Waals surface area (Å²) in [4.78, 5) is 10.1. The first kappa shape index (κ1) is 34.1. The van der Waals surface area contributed by atoms with Crippen LogP contribution in [-0.2, 0) is 6.42 Å². The summed E-state index contributed by atoms with van der Waals surface area (Å²) in [5.74, 6) is -0.248. The van der Waals surface area contributed by atoms with Crippen molar-refractivity contribution in [2.75, 3.05) is 26.0 Å². The molecule has 46 heavy (non-hydrogen) atoms. The maximum Gasteiger partial charge on any atom is 0.124 e. The molecule has 0 saturated heterocycles. The Morgan fingerprint density at radius 1 is 1.09 bits per heavy atom. The molecule has 3 heterocycles. The van der Waals surface area contributed by atoms with E-state index in [1.807, 2.05) is 46.3 Å². The number of aryl methyl sites for hydroxylation is 2. The molecule has 0 spiro atoms. The highest BCUT2D eigenvalue weighted by Crippen LogP contribution is 2.31. The number of nitrogens with zero attached hydrogens (tertiary/aromatic N) is 3. The fraction of sp³-hybridized carbons (Fsp3) is 0.282. The van der Waals surface area contributed by atoms with E-state index in [1.165, 1.54) is 0 Å². The van der Waals surface area contributed by atoms with Crippen LogP contribution < -0.4 is 15.9 Å². The molecule has 7 heteroatoms. The van der Waals surface area contributed by atoms with Crippen LogP contribution >= 0.6 is 0 Å². The number of anilines is 1. The quantitative estimate of drug-likeness (QED) is 0.143. The molecule has 0 aliphatic rings. The minimum absolute atomic E-state index is 0.0866. The Kier molecular flexibility index (Phi) is 10.8. The molecule has 0 bridgehead atoms. The van der Waals surface area contributed by atoms with E-state index in [0.717, 1.165) is 86.5 Å². The number of hydrogen-bond donors (Lipinski definition) is 3. The summed E-state index contributed by atoms with van der Waals surface area (Å²) in [7, 11) is 4.10. The zero-order valence-corrected chi connectivity index (χ0v) is 28.3. The average Bonchev–Trinajstić information content (AvgIpc) is 3.55. The zero-order chi connectivity index (χ0) is 33.6. The molecule has 1 aromatic carbocycles. The minimum atomic E-state index is -0.248. The van der Waals surface area contributed by atoms with E-state index in [9.17, 15) is 4.39 Å². The molecule has 0 aliphatic carbocycles. The van der Waals surface area contributed by atoms with E-state index in [4.69, 9.17) is 0 Å². The van der Waals surface area contributed by atoms with Crippen molar-refractivity contribution in [1.82, 2.24) is 25.1 Å². The van der Waals surface area contributed by atoms with Gasteiger partial charge in [0.05, 0.1) is 22.9 Å². The predicted octanol–water partition coefficient (Wildman–Crippen LogP) is 7.63. The number of allylic oxidation sites excluding steroid dienone is 5. The lowest BCUT2D eigenvalue weighted by atomic mass is 9.93. The number of nitrogens with one attached hydrogen (secondary N) is 3. The highest BCUT2D eigenvalue weighted by molar-refractivity contribution is 5.90. The van der Waals surface area contributed by atoms with Crippen LogP contribution in [0.15, 0.2) is 79.8 Å². The monoisotopic (exact) mass is 618 g/mol. The Morgan fingerprint density at radius 3 is 2.52 bits per heavy atom. The van der Waals surface area contributed by atoms with Crippen molar-refractivity contribution < 1.29 is 4.39 Å². The number of aromatic nitrogens is 4. The van der Waals surface area contributed by atoms with Gasteiger partial charge in [0.1, 0.15) is 11.5 Å². The van der Waals surface area contributed by atoms with Crippen molar-refractivity contribution in [1.29, 1.82) is 0 Å². The van der Waals surface area contributed by atoms with Crippen LogP contribution in [0.2, 0.25) is 0 Å². The van der Waals surface area contributed by atoms with Crippen molar-refractivity contribution in [2.45, 2.75) is 47.5 Å². The van der Waals surface area contributed by atoms with Gasteiger partial charge >= 0.3 is 0 Å². The molecular formula is C39H47FN6. The Morgan fingerprint density at radius 2 is 1.85 bits per heavy atom. The van der Waals surface area contributed by atoms with Crippen LogP contribution in [0.3, 0.4) is 0 Å². The van der Waals surface area contributed by atoms with E-state index < -0.39 is 0 Å². The molecule has 3 aromatic heterocycles. The highest BCUT2D eigenvalue weighted by Gasteiger charge is 2.17. The molecule has 0 fully saturated rings. The van der Waals surface area contributed by atoms with E-state index in [-0.39, 0.29) is 11.2 Å². The summed E-state index contributed by atoms with van der Waals surface area (Å²) in [5, 5.41) is 12.7. The lowest BCUT2D eigenvalue weighted by Crippen LogP contribution is -2.22. The van der Waals surface area contributed by atoms with Crippen LogP contribution in [0.5, 0.6) is 0 Å². The minimum Gasteiger partial charge on any atom is -0.358 e. The number of halogens is 1. The fourth-order valence-corrected chi connectivity index (χ4v) is 5.24. The van der Waals surface area contributed by atoms with E-state index >= 15 is 0 Å². The first-order valence-corrected chi connectivity index (χ1v) is 15.6. The van der Waals surface area contributed by atoms with Crippen LogP contribution in [0.4, 0.5) is 10.1 Å². The normalized spacial score (nSPS) is 13.0. The second-order valence-corrected chi connectivity index (χ2v) is 13.0. The Bertz CT molecular complexity index is 1890. The SMILES string of the molecule is C=C/C=C(/c1cc(F)cc(CCCN(C)C)c1)c1cc(-c2n[nH]c(=C)/c2=C\C(=C/C)c2cncc(NC(=C)C(C)(C)C)c2)[nH]c1C. The lowest BCUT2D eigenvalue weighted by Gasteiger charge is -2.23. The highest BCUT2D eigenvalue weighted by atomic mass is 19.1. The predicted molar refractivity (Wildman–Crippen MR) is 193 cm³/mol. The lowest BCUT2D eigenvalue weighted by molar-refractivity contribution is 0.400. The van der Waals surface area contributed by atoms with Gasteiger partial charge in [0.2, 0.25) is 0 Å². The largest absolute Gasteiger partial charge is 0.358 e. The topological polar surface area (TPSA) is 72.6 Å². The molecule has 3 N–H and O–H groups in total. The molecule has 0 aliphatic heterocycles. The van der Waals surface area contributed by atoms with Crippen LogP contribution in [-0.4, -0.2) is 45.7 Å². The van der Waals surface area contributed by atoms with Gasteiger partial charge in [-0.2, -0.15) is 5.10 Å².